The van der Waals surface area contributed by atoms with E-state index in [1.165, 1.54) is 18.7 Å². The predicted octanol–water partition coefficient (Wildman–Crippen LogP) is 3.71. The van der Waals surface area contributed by atoms with Crippen molar-refractivity contribution < 1.29 is 23.9 Å². The van der Waals surface area contributed by atoms with Gasteiger partial charge in [-0.3, -0.25) is 14.9 Å². The molecular weight excluding hydrogens is 454 g/mol. The molecule has 1 fully saturated rings. The van der Waals surface area contributed by atoms with Crippen LogP contribution in [0.15, 0.2) is 71.6 Å². The molecule has 1 aliphatic heterocycles. The van der Waals surface area contributed by atoms with Gasteiger partial charge in [-0.2, -0.15) is 0 Å². The van der Waals surface area contributed by atoms with Gasteiger partial charge in [-0.15, -0.1) is 11.8 Å². The zero-order valence-corrected chi connectivity index (χ0v) is 19.4. The van der Waals surface area contributed by atoms with Gasteiger partial charge in [0.25, 0.3) is 11.8 Å². The van der Waals surface area contributed by atoms with Gasteiger partial charge in [0.15, 0.2) is 6.10 Å². The summed E-state index contributed by atoms with van der Waals surface area (Å²) >= 11 is 1.24. The van der Waals surface area contributed by atoms with Gasteiger partial charge < -0.3 is 15.4 Å². The third-order valence-corrected chi connectivity index (χ3v) is 6.83. The summed E-state index contributed by atoms with van der Waals surface area (Å²) < 4.78 is 5.44. The normalized spacial score (nSPS) is 18.2. The van der Waals surface area contributed by atoms with E-state index in [1.54, 1.807) is 37.3 Å². The summed E-state index contributed by atoms with van der Waals surface area (Å²) in [6.45, 7) is 3.12. The topological polar surface area (TPSA) is 114 Å². The van der Waals surface area contributed by atoms with E-state index in [1.807, 2.05) is 36.4 Å². The Bertz CT molecular complexity index is 1290. The molecule has 0 aliphatic carbocycles. The molecule has 3 aromatic carbocycles. The van der Waals surface area contributed by atoms with E-state index >= 15 is 0 Å². The summed E-state index contributed by atoms with van der Waals surface area (Å²) in [6, 6.07) is 19.4. The van der Waals surface area contributed by atoms with Crippen LogP contribution < -0.4 is 16.0 Å². The van der Waals surface area contributed by atoms with E-state index in [-0.39, 0.29) is 11.3 Å². The number of nitrogens with one attached hydrogen (secondary N) is 3. The van der Waals surface area contributed by atoms with Crippen molar-refractivity contribution in [2.75, 3.05) is 11.1 Å². The fraction of sp³-hybridized carbons (Fsp3) is 0.200. The van der Waals surface area contributed by atoms with Gasteiger partial charge in [-0.05, 0) is 37.4 Å². The Balaban J connectivity index is 1.43. The van der Waals surface area contributed by atoms with Crippen molar-refractivity contribution >= 4 is 52.0 Å². The number of anilines is 1. The Hall–Kier alpha value is -3.85. The van der Waals surface area contributed by atoms with Gasteiger partial charge >= 0.3 is 12.0 Å². The Kier molecular flexibility index (Phi) is 6.56. The van der Waals surface area contributed by atoms with Crippen molar-refractivity contribution in [1.82, 2.24) is 10.6 Å². The number of rotatable bonds is 7. The number of imide groups is 1. The molecule has 4 rings (SSSR count). The van der Waals surface area contributed by atoms with E-state index in [9.17, 15) is 19.2 Å². The molecule has 1 aliphatic rings. The highest BCUT2D eigenvalue weighted by atomic mass is 32.2. The maximum absolute atomic E-state index is 12.9. The first kappa shape index (κ1) is 23.3. The third-order valence-electron chi connectivity index (χ3n) is 5.44. The van der Waals surface area contributed by atoms with Crippen LogP contribution in [0.4, 0.5) is 10.5 Å². The molecule has 3 aromatic rings. The molecule has 0 saturated carbocycles. The Morgan fingerprint density at radius 1 is 1.03 bits per heavy atom. The molecule has 8 nitrogen and oxygen atoms in total. The maximum atomic E-state index is 12.9. The first-order valence-electron chi connectivity index (χ1n) is 10.6. The van der Waals surface area contributed by atoms with Crippen LogP contribution in [0, 0.1) is 0 Å². The molecule has 0 bridgehead atoms. The number of thioether (sulfide) groups is 1. The minimum Gasteiger partial charge on any atom is -0.449 e. The highest BCUT2D eigenvalue weighted by Crippen LogP contribution is 2.28. The number of esters is 1. The summed E-state index contributed by atoms with van der Waals surface area (Å²) in [5, 5.41) is 9.50. The van der Waals surface area contributed by atoms with Crippen LogP contribution in [0.1, 0.15) is 24.2 Å². The van der Waals surface area contributed by atoms with Crippen molar-refractivity contribution in [1.29, 1.82) is 0 Å². The lowest BCUT2D eigenvalue weighted by Crippen LogP contribution is -2.46. The summed E-state index contributed by atoms with van der Waals surface area (Å²) in [5.41, 5.74) is -0.192. The minimum absolute atomic E-state index is 0.214. The number of hydrogen-bond donors (Lipinski definition) is 3. The number of ether oxygens (including phenoxy) is 1. The lowest BCUT2D eigenvalue weighted by Gasteiger charge is -2.20. The average Bonchev–Trinajstić information content (AvgIpc) is 3.09. The van der Waals surface area contributed by atoms with Crippen molar-refractivity contribution in [2.45, 2.75) is 30.4 Å². The van der Waals surface area contributed by atoms with Crippen LogP contribution in [0.2, 0.25) is 0 Å². The highest BCUT2D eigenvalue weighted by molar-refractivity contribution is 7.99. The van der Waals surface area contributed by atoms with Crippen LogP contribution in [-0.4, -0.2) is 41.2 Å². The predicted molar refractivity (Wildman–Crippen MR) is 130 cm³/mol. The molecule has 4 amide bonds. The average molecular weight is 478 g/mol. The minimum atomic E-state index is -1.09. The van der Waals surface area contributed by atoms with Crippen molar-refractivity contribution in [3.63, 3.8) is 0 Å². The second kappa shape index (κ2) is 9.56. The Labute approximate surface area is 200 Å². The van der Waals surface area contributed by atoms with Crippen LogP contribution in [-0.2, 0) is 14.3 Å². The number of benzene rings is 3. The van der Waals surface area contributed by atoms with Gasteiger partial charge in [-0.25, -0.2) is 9.59 Å². The Morgan fingerprint density at radius 3 is 2.50 bits per heavy atom. The van der Waals surface area contributed by atoms with E-state index in [0.29, 0.717) is 10.6 Å². The van der Waals surface area contributed by atoms with E-state index < -0.39 is 35.5 Å². The first-order valence-corrected chi connectivity index (χ1v) is 11.6. The molecule has 0 aromatic heterocycles. The fourth-order valence-electron chi connectivity index (χ4n) is 3.51. The number of carbonyl (C=O) groups is 4. The number of carbonyl (C=O) groups excluding carboxylic acids is 4. The second-order valence-electron chi connectivity index (χ2n) is 8.09. The maximum Gasteiger partial charge on any atom is 0.340 e. The first-order chi connectivity index (χ1) is 16.3. The zero-order valence-electron chi connectivity index (χ0n) is 18.6. The van der Waals surface area contributed by atoms with Crippen LogP contribution in [0.25, 0.3) is 10.8 Å². The highest BCUT2D eigenvalue weighted by Gasteiger charge is 2.42. The summed E-state index contributed by atoms with van der Waals surface area (Å²) in [5.74, 6) is -1.32. The van der Waals surface area contributed by atoms with E-state index in [2.05, 4.69) is 16.0 Å². The summed E-state index contributed by atoms with van der Waals surface area (Å²) in [6.07, 6.45) is -1.04. The summed E-state index contributed by atoms with van der Waals surface area (Å²) in [7, 11) is 0. The molecule has 1 saturated heterocycles. The van der Waals surface area contributed by atoms with Crippen LogP contribution >= 0.6 is 11.8 Å². The molecule has 0 spiro atoms. The second-order valence-corrected chi connectivity index (χ2v) is 9.11. The fourth-order valence-corrected chi connectivity index (χ4v) is 4.64. The van der Waals surface area contributed by atoms with Gasteiger partial charge in [-0.1, -0.05) is 48.5 Å². The molecule has 0 unspecified atom stereocenters. The number of hydrogen-bond acceptors (Lipinski definition) is 6. The van der Waals surface area contributed by atoms with Crippen molar-refractivity contribution in [3.8, 4) is 0 Å². The molecule has 0 radical (unpaired) electrons. The molecule has 34 heavy (non-hydrogen) atoms. The van der Waals surface area contributed by atoms with Gasteiger partial charge in [0.1, 0.15) is 5.54 Å². The SMILES string of the molecule is C[C@H](OC(=O)c1ccccc1SC[C@]1(C)NC(=O)NC1=O)C(=O)Nc1cccc2ccccc12. The quantitative estimate of drug-likeness (QED) is 0.272. The molecule has 2 atom stereocenters. The van der Waals surface area contributed by atoms with Gasteiger partial charge in [0.05, 0.1) is 5.56 Å². The lowest BCUT2D eigenvalue weighted by molar-refractivity contribution is -0.124. The molecular formula is C25H23N3O5S. The summed E-state index contributed by atoms with van der Waals surface area (Å²) in [4.78, 5) is 49.7. The molecule has 1 heterocycles. The molecule has 9 heteroatoms. The standard InChI is InChI=1S/C25H23N3O5S/c1-15(21(29)26-19-12-7-9-16-8-3-4-10-17(16)19)33-22(30)18-11-5-6-13-20(18)34-14-25(2)23(31)27-24(32)28-25/h3-13,15H,14H2,1-2H3,(H,26,29)(H2,27,28,31,32)/t15-,25-/m0/s1. The smallest absolute Gasteiger partial charge is 0.340 e. The number of fused-ring (bicyclic) bond motifs is 1. The van der Waals surface area contributed by atoms with Crippen LogP contribution in [0.3, 0.4) is 0 Å². The van der Waals surface area contributed by atoms with Crippen molar-refractivity contribution in [2.24, 2.45) is 0 Å². The largest absolute Gasteiger partial charge is 0.449 e. The number of urea groups is 1. The van der Waals surface area contributed by atoms with Crippen molar-refractivity contribution in [3.05, 3.63) is 72.3 Å². The van der Waals surface area contributed by atoms with Gasteiger partial charge in [0.2, 0.25) is 0 Å². The van der Waals surface area contributed by atoms with E-state index in [4.69, 9.17) is 4.74 Å². The zero-order chi connectivity index (χ0) is 24.3. The molecule has 3 N–H and O–H groups in total. The Morgan fingerprint density at radius 2 is 1.74 bits per heavy atom. The van der Waals surface area contributed by atoms with E-state index in [0.717, 1.165) is 10.8 Å². The van der Waals surface area contributed by atoms with Crippen LogP contribution in [0.5, 0.6) is 0 Å². The molecule has 174 valence electrons. The number of amides is 4. The lowest BCUT2D eigenvalue weighted by atomic mass is 10.1. The third kappa shape index (κ3) is 4.89. The van der Waals surface area contributed by atoms with Gasteiger partial charge in [0, 0.05) is 21.7 Å². The monoisotopic (exact) mass is 477 g/mol.